The summed E-state index contributed by atoms with van der Waals surface area (Å²) >= 11 is 11.8. The Bertz CT molecular complexity index is 1130. The van der Waals surface area contributed by atoms with Gasteiger partial charge in [0.2, 0.25) is 0 Å². The summed E-state index contributed by atoms with van der Waals surface area (Å²) in [4.78, 5) is 0. The number of phenols is 1. The molecule has 0 bridgehead atoms. The molecule has 0 saturated carbocycles. The van der Waals surface area contributed by atoms with Gasteiger partial charge in [0.25, 0.3) is 0 Å². The minimum atomic E-state index is -5.62. The number of phenolic OH excluding ortho intramolecular Hbond substituents is 1. The quantitative estimate of drug-likeness (QED) is 0.604. The SMILES string of the molecule is O=S(=O)(Nc1cc2cc(O)ccc2n1Cc1ccc(Cl)c(Cl)c1)C(F)(F)F. The van der Waals surface area contributed by atoms with Gasteiger partial charge in [-0.05, 0) is 42.0 Å². The van der Waals surface area contributed by atoms with Crippen LogP contribution in [0.25, 0.3) is 10.9 Å². The molecule has 0 aliphatic carbocycles. The lowest BCUT2D eigenvalue weighted by atomic mass is 10.2. The van der Waals surface area contributed by atoms with E-state index in [0.29, 0.717) is 21.5 Å². The summed E-state index contributed by atoms with van der Waals surface area (Å²) in [5, 5.41) is 10.5. The van der Waals surface area contributed by atoms with Crippen LogP contribution in [-0.4, -0.2) is 23.6 Å². The van der Waals surface area contributed by atoms with Crippen molar-refractivity contribution >= 4 is 49.9 Å². The molecule has 11 heteroatoms. The molecule has 0 aliphatic rings. The highest BCUT2D eigenvalue weighted by Crippen LogP contribution is 2.32. The van der Waals surface area contributed by atoms with E-state index in [1.165, 1.54) is 41.0 Å². The maximum Gasteiger partial charge on any atom is 0.516 e. The Kier molecular flexibility index (Phi) is 4.96. The number of nitrogens with one attached hydrogen (secondary N) is 1. The average Bonchev–Trinajstić information content (AvgIpc) is 2.85. The van der Waals surface area contributed by atoms with Crippen molar-refractivity contribution in [3.63, 3.8) is 0 Å². The highest BCUT2D eigenvalue weighted by Gasteiger charge is 2.46. The molecular weight excluding hydrogens is 428 g/mol. The molecule has 3 rings (SSSR count). The van der Waals surface area contributed by atoms with E-state index in [2.05, 4.69) is 0 Å². The summed E-state index contributed by atoms with van der Waals surface area (Å²) in [6.45, 7) is 0.0148. The Morgan fingerprint density at radius 3 is 2.37 bits per heavy atom. The maximum absolute atomic E-state index is 12.8. The van der Waals surface area contributed by atoms with Gasteiger partial charge in [-0.2, -0.15) is 21.6 Å². The Morgan fingerprint density at radius 1 is 1.04 bits per heavy atom. The van der Waals surface area contributed by atoms with Crippen molar-refractivity contribution in [2.45, 2.75) is 12.1 Å². The van der Waals surface area contributed by atoms with Gasteiger partial charge in [0.05, 0.1) is 15.6 Å². The maximum atomic E-state index is 12.8. The van der Waals surface area contributed by atoms with Crippen LogP contribution in [0.4, 0.5) is 19.0 Å². The number of hydrogen-bond acceptors (Lipinski definition) is 3. The number of aromatic nitrogens is 1. The molecule has 0 saturated heterocycles. The third kappa shape index (κ3) is 3.95. The number of aromatic hydroxyl groups is 1. The van der Waals surface area contributed by atoms with Gasteiger partial charge in [0, 0.05) is 11.9 Å². The fourth-order valence-electron chi connectivity index (χ4n) is 2.53. The van der Waals surface area contributed by atoms with Crippen molar-refractivity contribution in [3.8, 4) is 5.75 Å². The molecule has 0 fully saturated rings. The van der Waals surface area contributed by atoms with Gasteiger partial charge < -0.3 is 9.67 Å². The van der Waals surface area contributed by atoms with Crippen LogP contribution in [0.1, 0.15) is 5.56 Å². The number of sulfonamides is 1. The highest BCUT2D eigenvalue weighted by atomic mass is 35.5. The zero-order valence-electron chi connectivity index (χ0n) is 13.3. The van der Waals surface area contributed by atoms with Crippen molar-refractivity contribution in [2.24, 2.45) is 0 Å². The molecule has 0 radical (unpaired) electrons. The Balaban J connectivity index is 2.12. The van der Waals surface area contributed by atoms with Crippen molar-refractivity contribution in [3.05, 3.63) is 58.1 Å². The number of fused-ring (bicyclic) bond motifs is 1. The van der Waals surface area contributed by atoms with E-state index >= 15 is 0 Å². The van der Waals surface area contributed by atoms with Gasteiger partial charge in [0.15, 0.2) is 0 Å². The smallest absolute Gasteiger partial charge is 0.508 e. The summed E-state index contributed by atoms with van der Waals surface area (Å²) < 4.78 is 64.2. The van der Waals surface area contributed by atoms with E-state index < -0.39 is 15.5 Å². The van der Waals surface area contributed by atoms with E-state index in [1.54, 1.807) is 10.8 Å². The second-order valence-electron chi connectivity index (χ2n) is 5.66. The molecule has 2 aromatic carbocycles. The van der Waals surface area contributed by atoms with Gasteiger partial charge >= 0.3 is 15.5 Å². The summed E-state index contributed by atoms with van der Waals surface area (Å²) in [7, 11) is -5.62. The molecule has 1 heterocycles. The Hall–Kier alpha value is -2.10. The van der Waals surface area contributed by atoms with Crippen LogP contribution in [-0.2, 0) is 16.6 Å². The van der Waals surface area contributed by atoms with Crippen LogP contribution >= 0.6 is 23.2 Å². The van der Waals surface area contributed by atoms with E-state index in [1.807, 2.05) is 0 Å². The fraction of sp³-hybridized carbons (Fsp3) is 0.125. The summed E-state index contributed by atoms with van der Waals surface area (Å²) in [6.07, 6.45) is 0. The second-order valence-corrected chi connectivity index (χ2v) is 8.15. The zero-order valence-corrected chi connectivity index (χ0v) is 15.6. The van der Waals surface area contributed by atoms with E-state index in [-0.39, 0.29) is 23.1 Å². The van der Waals surface area contributed by atoms with E-state index in [4.69, 9.17) is 23.2 Å². The van der Waals surface area contributed by atoms with Gasteiger partial charge in [-0.15, -0.1) is 0 Å². The minimum absolute atomic E-state index is 0.0148. The molecular formula is C16H11Cl2F3N2O3S. The van der Waals surface area contributed by atoms with Gasteiger partial charge in [-0.25, -0.2) is 0 Å². The van der Waals surface area contributed by atoms with Crippen molar-refractivity contribution in [2.75, 3.05) is 4.72 Å². The van der Waals surface area contributed by atoms with Gasteiger partial charge in [-0.3, -0.25) is 4.72 Å². The standard InChI is InChI=1S/C16H11Cl2F3N2O3S/c17-12-3-1-9(5-13(12)18)8-23-14-4-2-11(24)6-10(14)7-15(23)22-27(25,26)16(19,20)21/h1-7,22,24H,8H2. The largest absolute Gasteiger partial charge is 0.516 e. The molecule has 0 spiro atoms. The van der Waals surface area contributed by atoms with Crippen LogP contribution in [0.5, 0.6) is 5.75 Å². The van der Waals surface area contributed by atoms with Crippen LogP contribution in [0.3, 0.4) is 0 Å². The molecule has 0 amide bonds. The number of alkyl halides is 3. The number of rotatable bonds is 4. The molecule has 144 valence electrons. The predicted octanol–water partition coefficient (Wildman–Crippen LogP) is 4.96. The number of halogens is 5. The summed E-state index contributed by atoms with van der Waals surface area (Å²) in [5.41, 5.74) is -4.47. The lowest BCUT2D eigenvalue weighted by Crippen LogP contribution is -2.30. The Morgan fingerprint density at radius 2 is 1.74 bits per heavy atom. The van der Waals surface area contributed by atoms with Crippen molar-refractivity contribution < 1.29 is 26.7 Å². The van der Waals surface area contributed by atoms with Crippen molar-refractivity contribution in [1.82, 2.24) is 4.57 Å². The van der Waals surface area contributed by atoms with E-state index in [0.717, 1.165) is 0 Å². The topological polar surface area (TPSA) is 71.3 Å². The highest BCUT2D eigenvalue weighted by molar-refractivity contribution is 7.93. The number of benzene rings is 2. The second kappa shape index (κ2) is 6.81. The van der Waals surface area contributed by atoms with Crippen molar-refractivity contribution in [1.29, 1.82) is 0 Å². The zero-order chi connectivity index (χ0) is 20.0. The molecule has 3 aromatic rings. The summed E-state index contributed by atoms with van der Waals surface area (Å²) in [6, 6.07) is 9.99. The lowest BCUT2D eigenvalue weighted by Gasteiger charge is -2.14. The van der Waals surface area contributed by atoms with Crippen LogP contribution < -0.4 is 4.72 Å². The van der Waals surface area contributed by atoms with Crippen LogP contribution in [0, 0.1) is 0 Å². The molecule has 1 aromatic heterocycles. The third-order valence-corrected chi connectivity index (χ3v) is 5.58. The Labute approximate surface area is 162 Å². The lowest BCUT2D eigenvalue weighted by molar-refractivity contribution is -0.0429. The average molecular weight is 439 g/mol. The molecule has 0 atom stereocenters. The molecule has 27 heavy (non-hydrogen) atoms. The number of nitrogens with zero attached hydrogens (tertiary/aromatic N) is 1. The first-order chi connectivity index (χ1) is 12.5. The third-order valence-electron chi connectivity index (χ3n) is 3.75. The molecule has 2 N–H and O–H groups in total. The molecule has 0 unspecified atom stereocenters. The first-order valence-corrected chi connectivity index (χ1v) is 9.57. The van der Waals surface area contributed by atoms with Crippen LogP contribution in [0.2, 0.25) is 10.0 Å². The monoisotopic (exact) mass is 438 g/mol. The number of hydrogen-bond donors (Lipinski definition) is 2. The molecule has 5 nitrogen and oxygen atoms in total. The first-order valence-electron chi connectivity index (χ1n) is 7.33. The molecule has 0 aliphatic heterocycles. The predicted molar refractivity (Wildman–Crippen MR) is 97.8 cm³/mol. The minimum Gasteiger partial charge on any atom is -0.508 e. The summed E-state index contributed by atoms with van der Waals surface area (Å²) in [5.74, 6) is -0.418. The first kappa shape index (κ1) is 19.7. The number of anilines is 1. The fourth-order valence-corrected chi connectivity index (χ4v) is 3.41. The van der Waals surface area contributed by atoms with Crippen LogP contribution in [0.15, 0.2) is 42.5 Å². The van der Waals surface area contributed by atoms with Gasteiger partial charge in [0.1, 0.15) is 11.6 Å². The van der Waals surface area contributed by atoms with E-state index in [9.17, 15) is 26.7 Å². The van der Waals surface area contributed by atoms with Gasteiger partial charge in [-0.1, -0.05) is 29.3 Å². The normalized spacial score (nSPS) is 12.5.